The van der Waals surface area contributed by atoms with Gasteiger partial charge in [-0.3, -0.25) is 10.1 Å². The second-order valence-corrected chi connectivity index (χ2v) is 4.03. The van der Waals surface area contributed by atoms with Crippen LogP contribution >= 0.6 is 0 Å². The molecule has 0 aliphatic rings. The summed E-state index contributed by atoms with van der Waals surface area (Å²) in [4.78, 5) is 10.1. The predicted octanol–water partition coefficient (Wildman–Crippen LogP) is 3.01. The van der Waals surface area contributed by atoms with Crippen molar-refractivity contribution < 1.29 is 9.66 Å². The van der Waals surface area contributed by atoms with Crippen LogP contribution in [0.15, 0.2) is 48.5 Å². The standard InChI is InChI=1S/C17H11NO3/c1-21-17-12-8-15(9-13-17)5-3-2-4-14-6-10-16(11-7-14)18(19)20/h6-13H,1H3. The normalized spacial score (nSPS) is 8.81. The molecule has 4 heteroatoms. The summed E-state index contributed by atoms with van der Waals surface area (Å²) in [6.45, 7) is 0. The minimum atomic E-state index is -0.444. The first-order valence-corrected chi connectivity index (χ1v) is 6.09. The van der Waals surface area contributed by atoms with Crippen molar-refractivity contribution in [2.24, 2.45) is 0 Å². The smallest absolute Gasteiger partial charge is 0.269 e. The summed E-state index contributed by atoms with van der Waals surface area (Å²) < 4.78 is 5.06. The van der Waals surface area contributed by atoms with Crippen molar-refractivity contribution in [3.63, 3.8) is 0 Å². The van der Waals surface area contributed by atoms with Gasteiger partial charge in [-0.05, 0) is 48.2 Å². The lowest BCUT2D eigenvalue weighted by Gasteiger charge is -1.96. The maximum atomic E-state index is 10.5. The molecule has 0 atom stereocenters. The third-order valence-corrected chi connectivity index (χ3v) is 2.64. The second kappa shape index (κ2) is 6.79. The lowest BCUT2D eigenvalue weighted by molar-refractivity contribution is -0.384. The van der Waals surface area contributed by atoms with Gasteiger partial charge in [0.25, 0.3) is 5.69 Å². The molecule has 102 valence electrons. The zero-order valence-electron chi connectivity index (χ0n) is 11.3. The molecule has 0 heterocycles. The summed E-state index contributed by atoms with van der Waals surface area (Å²) in [5.74, 6) is 12.0. The van der Waals surface area contributed by atoms with Crippen LogP contribution in [0.2, 0.25) is 0 Å². The molecule has 0 bridgehead atoms. The molecule has 0 spiro atoms. The van der Waals surface area contributed by atoms with Crippen LogP contribution < -0.4 is 4.74 Å². The number of hydrogen-bond donors (Lipinski definition) is 0. The summed E-state index contributed by atoms with van der Waals surface area (Å²) >= 11 is 0. The minimum absolute atomic E-state index is 0.0462. The van der Waals surface area contributed by atoms with Gasteiger partial charge in [-0.25, -0.2) is 0 Å². The van der Waals surface area contributed by atoms with Gasteiger partial charge in [0.1, 0.15) is 5.75 Å². The number of hydrogen-bond acceptors (Lipinski definition) is 3. The summed E-state index contributed by atoms with van der Waals surface area (Å²) in [6, 6.07) is 13.4. The fourth-order valence-corrected chi connectivity index (χ4v) is 1.55. The number of methoxy groups -OCH3 is 1. The van der Waals surface area contributed by atoms with Crippen LogP contribution in [0.25, 0.3) is 0 Å². The van der Waals surface area contributed by atoms with Crippen molar-refractivity contribution >= 4 is 5.69 Å². The Kier molecular flexibility index (Phi) is 4.58. The van der Waals surface area contributed by atoms with Crippen molar-refractivity contribution in [3.8, 4) is 29.4 Å². The van der Waals surface area contributed by atoms with Crippen LogP contribution in [-0.2, 0) is 0 Å². The Labute approximate surface area is 122 Å². The molecule has 4 nitrogen and oxygen atoms in total. The lowest BCUT2D eigenvalue weighted by Crippen LogP contribution is -1.86. The molecule has 2 aromatic carbocycles. The molecule has 0 aliphatic heterocycles. The van der Waals surface area contributed by atoms with E-state index in [0.717, 1.165) is 11.3 Å². The first kappa shape index (κ1) is 14.2. The predicted molar refractivity (Wildman–Crippen MR) is 79.8 cm³/mol. The molecule has 0 saturated heterocycles. The van der Waals surface area contributed by atoms with Gasteiger partial charge in [0.05, 0.1) is 12.0 Å². The quantitative estimate of drug-likeness (QED) is 0.481. The number of nitrogens with zero attached hydrogens (tertiary/aromatic N) is 1. The Bertz CT molecular complexity index is 754. The number of non-ortho nitro benzene ring substituents is 1. The fraction of sp³-hybridized carbons (Fsp3) is 0.0588. The Morgan fingerprint density at radius 3 is 1.81 bits per heavy atom. The number of ether oxygens (including phenoxy) is 1. The van der Waals surface area contributed by atoms with E-state index < -0.39 is 4.92 Å². The largest absolute Gasteiger partial charge is 0.497 e. The van der Waals surface area contributed by atoms with E-state index >= 15 is 0 Å². The third-order valence-electron chi connectivity index (χ3n) is 2.64. The zero-order valence-corrected chi connectivity index (χ0v) is 11.3. The van der Waals surface area contributed by atoms with Crippen molar-refractivity contribution in [2.45, 2.75) is 0 Å². The average molecular weight is 277 g/mol. The van der Waals surface area contributed by atoms with Gasteiger partial charge in [0, 0.05) is 23.3 Å². The SMILES string of the molecule is COc1ccc(C#CC#Cc2ccc([N+](=O)[O-])cc2)cc1. The van der Waals surface area contributed by atoms with Gasteiger partial charge in [0.15, 0.2) is 0 Å². The monoisotopic (exact) mass is 277 g/mol. The Hall–Kier alpha value is -3.24. The van der Waals surface area contributed by atoms with E-state index in [1.807, 2.05) is 24.3 Å². The maximum absolute atomic E-state index is 10.5. The van der Waals surface area contributed by atoms with E-state index in [1.54, 1.807) is 19.2 Å². The third kappa shape index (κ3) is 4.12. The van der Waals surface area contributed by atoms with Crippen LogP contribution in [0.3, 0.4) is 0 Å². The van der Waals surface area contributed by atoms with Gasteiger partial charge in [-0.1, -0.05) is 11.8 Å². The molecule has 0 aromatic heterocycles. The number of nitro benzene ring substituents is 1. The van der Waals surface area contributed by atoms with E-state index in [1.165, 1.54) is 12.1 Å². The molecule has 0 N–H and O–H groups in total. The highest BCUT2D eigenvalue weighted by Crippen LogP contribution is 2.11. The number of benzene rings is 2. The molecular weight excluding hydrogens is 266 g/mol. The molecule has 0 aliphatic carbocycles. The van der Waals surface area contributed by atoms with Gasteiger partial charge in [-0.2, -0.15) is 0 Å². The van der Waals surface area contributed by atoms with Crippen LogP contribution in [-0.4, -0.2) is 12.0 Å². The summed E-state index contributed by atoms with van der Waals surface area (Å²) in [5.41, 5.74) is 1.57. The Morgan fingerprint density at radius 1 is 0.905 bits per heavy atom. The van der Waals surface area contributed by atoms with E-state index in [-0.39, 0.29) is 5.69 Å². The first-order chi connectivity index (χ1) is 10.2. The molecule has 0 radical (unpaired) electrons. The topological polar surface area (TPSA) is 52.4 Å². The van der Waals surface area contributed by atoms with Crippen molar-refractivity contribution in [1.82, 2.24) is 0 Å². The fourth-order valence-electron chi connectivity index (χ4n) is 1.55. The van der Waals surface area contributed by atoms with E-state index in [9.17, 15) is 10.1 Å². The molecule has 2 rings (SSSR count). The highest BCUT2D eigenvalue weighted by atomic mass is 16.6. The molecular formula is C17H11NO3. The molecule has 2 aromatic rings. The summed E-state index contributed by atoms with van der Waals surface area (Å²) in [5, 5.41) is 10.5. The lowest BCUT2D eigenvalue weighted by atomic mass is 10.2. The van der Waals surface area contributed by atoms with Crippen molar-refractivity contribution in [1.29, 1.82) is 0 Å². The molecule has 0 saturated carbocycles. The highest BCUT2D eigenvalue weighted by Gasteiger charge is 2.01. The van der Waals surface area contributed by atoms with E-state index in [2.05, 4.69) is 23.7 Å². The van der Waals surface area contributed by atoms with Crippen LogP contribution in [0.1, 0.15) is 11.1 Å². The average Bonchev–Trinajstić information content (AvgIpc) is 2.52. The van der Waals surface area contributed by atoms with E-state index in [0.29, 0.717) is 5.56 Å². The molecule has 0 amide bonds. The van der Waals surface area contributed by atoms with Gasteiger partial charge >= 0.3 is 0 Å². The van der Waals surface area contributed by atoms with Crippen molar-refractivity contribution in [3.05, 3.63) is 69.8 Å². The maximum Gasteiger partial charge on any atom is 0.269 e. The van der Waals surface area contributed by atoms with Gasteiger partial charge in [-0.15, -0.1) is 0 Å². The van der Waals surface area contributed by atoms with E-state index in [4.69, 9.17) is 4.74 Å². The minimum Gasteiger partial charge on any atom is -0.497 e. The zero-order chi connectivity index (χ0) is 15.1. The first-order valence-electron chi connectivity index (χ1n) is 6.09. The Balaban J connectivity index is 2.06. The number of nitro groups is 1. The van der Waals surface area contributed by atoms with Gasteiger partial charge in [0.2, 0.25) is 0 Å². The van der Waals surface area contributed by atoms with Crippen LogP contribution in [0.4, 0.5) is 5.69 Å². The summed E-state index contributed by atoms with van der Waals surface area (Å²) in [7, 11) is 1.61. The molecule has 0 fully saturated rings. The highest BCUT2D eigenvalue weighted by molar-refractivity contribution is 5.47. The van der Waals surface area contributed by atoms with Crippen LogP contribution in [0.5, 0.6) is 5.75 Å². The van der Waals surface area contributed by atoms with Crippen LogP contribution in [0, 0.1) is 33.8 Å². The second-order valence-electron chi connectivity index (χ2n) is 4.03. The van der Waals surface area contributed by atoms with Crippen molar-refractivity contribution in [2.75, 3.05) is 7.11 Å². The van der Waals surface area contributed by atoms with Gasteiger partial charge < -0.3 is 4.74 Å². The molecule has 0 unspecified atom stereocenters. The Morgan fingerprint density at radius 2 is 1.38 bits per heavy atom. The molecule has 21 heavy (non-hydrogen) atoms. The summed E-state index contributed by atoms with van der Waals surface area (Å²) in [6.07, 6.45) is 0. The number of rotatable bonds is 2.